The minimum Gasteiger partial charge on any atom is -0.507 e. The molecule has 0 fully saturated rings. The number of nitrogens with one attached hydrogen (secondary N) is 3. The molecule has 4 aromatic carbocycles. The molecular formula is C41H46ClN5O7. The number of unbranched alkanes of at least 4 members (excludes halogenated alkanes) is 1. The maximum Gasteiger partial charge on any atom is 0.251 e. The molecule has 1 aliphatic heterocycles. The van der Waals surface area contributed by atoms with Crippen molar-refractivity contribution in [1.29, 1.82) is 0 Å². The molecule has 0 aliphatic carbocycles. The summed E-state index contributed by atoms with van der Waals surface area (Å²) in [5, 5.41) is 41.3. The van der Waals surface area contributed by atoms with Crippen LogP contribution in [0.2, 0.25) is 5.02 Å². The van der Waals surface area contributed by atoms with E-state index in [1.54, 1.807) is 48.5 Å². The maximum absolute atomic E-state index is 14.4. The third-order valence-electron chi connectivity index (χ3n) is 9.66. The van der Waals surface area contributed by atoms with Gasteiger partial charge in [-0.3, -0.25) is 19.2 Å². The van der Waals surface area contributed by atoms with Crippen LogP contribution in [0.3, 0.4) is 0 Å². The molecule has 0 saturated heterocycles. The van der Waals surface area contributed by atoms with Gasteiger partial charge < -0.3 is 41.9 Å². The number of carbonyl (C=O) groups is 4. The lowest BCUT2D eigenvalue weighted by atomic mass is 9.93. The van der Waals surface area contributed by atoms with Crippen molar-refractivity contribution in [3.8, 4) is 33.8 Å². The number of hydrogen-bond acceptors (Lipinski definition) is 8. The average molecular weight is 756 g/mol. The smallest absolute Gasteiger partial charge is 0.251 e. The standard InChI is InChI=1S/C41H46ClN5O7/c1-23-38(51)46-34(24(2)48)21-25-7-17-35(49)31(20-25)32-22-29(14-18-36(32)50)37(40(53)44-23)47(3)41(54)33(6-4-5-19-43)45-39(52)28-10-8-26(9-11-28)27-12-15-30(42)16-13-27/h7-18,20,22-24,33-34,37,48-50H,4-6,19,21,43H2,1-3H3,(H,44,53)(H,45,52)(H,46,51). The summed E-state index contributed by atoms with van der Waals surface area (Å²) in [5.41, 5.74) is 9.24. The minimum atomic E-state index is -1.35. The minimum absolute atomic E-state index is 0.154. The molecule has 4 amide bonds. The third kappa shape index (κ3) is 9.37. The number of hydrogen-bond donors (Lipinski definition) is 7. The van der Waals surface area contributed by atoms with E-state index in [9.17, 15) is 34.5 Å². The van der Waals surface area contributed by atoms with Gasteiger partial charge in [0.05, 0.1) is 12.1 Å². The number of aromatic hydroxyl groups is 2. The highest BCUT2D eigenvalue weighted by molar-refractivity contribution is 6.30. The van der Waals surface area contributed by atoms with Crippen molar-refractivity contribution in [2.24, 2.45) is 5.73 Å². The van der Waals surface area contributed by atoms with Gasteiger partial charge in [0.1, 0.15) is 29.6 Å². The number of halogens is 1. The van der Waals surface area contributed by atoms with Crippen molar-refractivity contribution in [3.63, 3.8) is 0 Å². The van der Waals surface area contributed by atoms with E-state index in [0.29, 0.717) is 35.5 Å². The highest BCUT2D eigenvalue weighted by Crippen LogP contribution is 2.39. The van der Waals surface area contributed by atoms with Crippen molar-refractivity contribution in [2.45, 2.75) is 69.8 Å². The van der Waals surface area contributed by atoms with Crippen LogP contribution in [0, 0.1) is 0 Å². The Morgan fingerprint density at radius 1 is 0.889 bits per heavy atom. The summed E-state index contributed by atoms with van der Waals surface area (Å²) in [5.74, 6) is -2.68. The lowest BCUT2D eigenvalue weighted by molar-refractivity contribution is -0.141. The Bertz CT molecular complexity index is 1990. The molecule has 5 rings (SSSR count). The summed E-state index contributed by atoms with van der Waals surface area (Å²) in [7, 11) is 1.43. The molecule has 284 valence electrons. The summed E-state index contributed by atoms with van der Waals surface area (Å²) in [6, 6.07) is 19.1. The van der Waals surface area contributed by atoms with Crippen molar-refractivity contribution >= 4 is 35.2 Å². The van der Waals surface area contributed by atoms with E-state index < -0.39 is 53.9 Å². The number of fused-ring (bicyclic) bond motifs is 5. The van der Waals surface area contributed by atoms with Gasteiger partial charge >= 0.3 is 0 Å². The van der Waals surface area contributed by atoms with Crippen LogP contribution in [-0.4, -0.2) is 81.7 Å². The number of likely N-dealkylation sites (N-methyl/N-ethyl adjacent to an activating group) is 1. The van der Waals surface area contributed by atoms with Gasteiger partial charge in [-0.25, -0.2) is 0 Å². The summed E-state index contributed by atoms with van der Waals surface area (Å²) in [6.45, 7) is 3.40. The summed E-state index contributed by atoms with van der Waals surface area (Å²) in [4.78, 5) is 56.7. The molecule has 0 aromatic heterocycles. The second kappa shape index (κ2) is 17.6. The monoisotopic (exact) mass is 755 g/mol. The molecule has 13 heteroatoms. The van der Waals surface area contributed by atoms with Crippen LogP contribution >= 0.6 is 11.6 Å². The van der Waals surface area contributed by atoms with E-state index in [2.05, 4.69) is 16.0 Å². The van der Waals surface area contributed by atoms with Gasteiger partial charge in [-0.05, 0) is 117 Å². The second-order valence-electron chi connectivity index (χ2n) is 13.7. The molecule has 12 nitrogen and oxygen atoms in total. The van der Waals surface area contributed by atoms with Gasteiger partial charge in [-0.15, -0.1) is 0 Å². The number of amides is 4. The predicted molar refractivity (Wildman–Crippen MR) is 207 cm³/mol. The largest absolute Gasteiger partial charge is 0.507 e. The van der Waals surface area contributed by atoms with E-state index >= 15 is 0 Å². The number of phenols is 2. The Morgan fingerprint density at radius 3 is 2.13 bits per heavy atom. The first kappa shape index (κ1) is 39.8. The topological polar surface area (TPSA) is 194 Å². The Balaban J connectivity index is 1.50. The molecule has 0 radical (unpaired) electrons. The summed E-state index contributed by atoms with van der Waals surface area (Å²) >= 11 is 6.03. The summed E-state index contributed by atoms with van der Waals surface area (Å²) < 4.78 is 0. The Hall–Kier alpha value is -5.43. The molecule has 1 aliphatic rings. The van der Waals surface area contributed by atoms with E-state index in [0.717, 1.165) is 11.1 Å². The molecular weight excluding hydrogens is 710 g/mol. The number of nitrogens with two attached hydrogens (primary N) is 1. The molecule has 1 heterocycles. The van der Waals surface area contributed by atoms with Crippen LogP contribution in [0.5, 0.6) is 11.5 Å². The number of benzene rings is 4. The lowest BCUT2D eigenvalue weighted by Crippen LogP contribution is -2.55. The van der Waals surface area contributed by atoms with Gasteiger partial charge in [-0.2, -0.15) is 0 Å². The first-order valence-electron chi connectivity index (χ1n) is 17.8. The van der Waals surface area contributed by atoms with Crippen LogP contribution in [0.15, 0.2) is 84.9 Å². The number of rotatable bonds is 10. The number of phenolic OH excluding ortho intramolecular Hbond substituents is 2. The Kier molecular flexibility index (Phi) is 13.0. The van der Waals surface area contributed by atoms with Gasteiger partial charge in [-0.1, -0.05) is 48.0 Å². The Labute approximate surface area is 319 Å². The molecule has 0 spiro atoms. The van der Waals surface area contributed by atoms with Crippen LogP contribution in [0.4, 0.5) is 0 Å². The molecule has 54 heavy (non-hydrogen) atoms. The molecule has 5 unspecified atom stereocenters. The lowest BCUT2D eigenvalue weighted by Gasteiger charge is -2.32. The van der Waals surface area contributed by atoms with E-state index in [1.807, 2.05) is 12.1 Å². The van der Waals surface area contributed by atoms with Crippen molar-refractivity contribution < 1.29 is 34.5 Å². The van der Waals surface area contributed by atoms with E-state index in [4.69, 9.17) is 17.3 Å². The van der Waals surface area contributed by atoms with Crippen LogP contribution < -0.4 is 21.7 Å². The van der Waals surface area contributed by atoms with Crippen LogP contribution in [0.1, 0.15) is 60.6 Å². The first-order valence-corrected chi connectivity index (χ1v) is 18.2. The fourth-order valence-electron chi connectivity index (χ4n) is 6.50. The van der Waals surface area contributed by atoms with E-state index in [-0.39, 0.29) is 41.0 Å². The SMILES string of the molecule is CC1NC(=O)C(N(C)C(=O)C(CCCCN)NC(=O)c2ccc(-c3ccc(Cl)cc3)cc2)c2ccc(O)c(c2)-c2cc(ccc2O)CC(C(C)O)NC1=O. The molecule has 4 aromatic rings. The number of nitrogens with zero attached hydrogens (tertiary/aromatic N) is 1. The number of carbonyl (C=O) groups excluding carboxylic acids is 4. The fraction of sp³-hybridized carbons (Fsp3) is 0.317. The fourth-order valence-corrected chi connectivity index (χ4v) is 6.63. The predicted octanol–water partition coefficient (Wildman–Crippen LogP) is 4.44. The molecule has 4 bridgehead atoms. The zero-order valence-corrected chi connectivity index (χ0v) is 31.1. The molecule has 0 saturated carbocycles. The molecule has 5 atom stereocenters. The summed E-state index contributed by atoms with van der Waals surface area (Å²) in [6.07, 6.45) is 0.551. The maximum atomic E-state index is 14.4. The van der Waals surface area contributed by atoms with Crippen molar-refractivity contribution in [1.82, 2.24) is 20.9 Å². The average Bonchev–Trinajstić information content (AvgIpc) is 3.15. The van der Waals surface area contributed by atoms with Gasteiger partial charge in [0, 0.05) is 28.8 Å². The zero-order chi connectivity index (χ0) is 39.1. The van der Waals surface area contributed by atoms with Crippen LogP contribution in [0.25, 0.3) is 22.3 Å². The van der Waals surface area contributed by atoms with E-state index in [1.165, 1.54) is 50.1 Å². The van der Waals surface area contributed by atoms with Crippen molar-refractivity contribution in [3.05, 3.63) is 107 Å². The quantitative estimate of drug-likeness (QED) is 0.116. The zero-order valence-electron chi connectivity index (χ0n) is 30.4. The number of aliphatic hydroxyl groups excluding tert-OH is 1. The second-order valence-corrected chi connectivity index (χ2v) is 14.1. The highest BCUT2D eigenvalue weighted by atomic mass is 35.5. The van der Waals surface area contributed by atoms with Gasteiger partial charge in [0.2, 0.25) is 17.7 Å². The molecule has 8 N–H and O–H groups in total. The van der Waals surface area contributed by atoms with Crippen LogP contribution in [-0.2, 0) is 20.8 Å². The third-order valence-corrected chi connectivity index (χ3v) is 9.92. The normalized spacial score (nSPS) is 18.4. The first-order chi connectivity index (χ1) is 25.8. The van der Waals surface area contributed by atoms with Gasteiger partial charge in [0.25, 0.3) is 5.91 Å². The van der Waals surface area contributed by atoms with Gasteiger partial charge in [0.15, 0.2) is 0 Å². The highest BCUT2D eigenvalue weighted by Gasteiger charge is 2.35. The Morgan fingerprint density at radius 2 is 1.50 bits per heavy atom. The number of aliphatic hydroxyl groups is 1. The van der Waals surface area contributed by atoms with Crippen molar-refractivity contribution in [2.75, 3.05) is 13.6 Å².